The van der Waals surface area contributed by atoms with Gasteiger partial charge in [0.1, 0.15) is 4.21 Å². The van der Waals surface area contributed by atoms with E-state index in [-0.39, 0.29) is 51.7 Å². The predicted molar refractivity (Wildman–Crippen MR) is 102 cm³/mol. The molecule has 0 radical (unpaired) electrons. The van der Waals surface area contributed by atoms with Gasteiger partial charge in [-0.05, 0) is 48.4 Å². The Morgan fingerprint density at radius 2 is 1.65 bits per heavy atom. The summed E-state index contributed by atoms with van der Waals surface area (Å²) in [6, 6.07) is 8.23. The topological polar surface area (TPSA) is 143 Å². The molecule has 12 heteroatoms. The van der Waals surface area contributed by atoms with Crippen LogP contribution in [0.25, 0.3) is 10.4 Å². The van der Waals surface area contributed by atoms with Crippen LogP contribution in [0, 0.1) is 0 Å². The smallest absolute Gasteiger partial charge is 0.215 e. The van der Waals surface area contributed by atoms with Gasteiger partial charge >= 0.3 is 0 Å². The lowest BCUT2D eigenvalue weighted by Gasteiger charge is -2.06. The molecule has 2 aromatic rings. The molecule has 0 bridgehead atoms. The van der Waals surface area contributed by atoms with Gasteiger partial charge in [-0.1, -0.05) is 5.11 Å². The summed E-state index contributed by atoms with van der Waals surface area (Å²) in [6.45, 7) is 0.345. The lowest BCUT2D eigenvalue weighted by atomic mass is 10.4. The molecule has 2 rings (SSSR count). The lowest BCUT2D eigenvalue weighted by molar-refractivity contribution is 0.591. The molecular weight excluding hydrogens is 420 g/mol. The lowest BCUT2D eigenvalue weighted by Crippen LogP contribution is -2.08. The molecule has 8 nitrogen and oxygen atoms in total. The minimum absolute atomic E-state index is 0. The molecule has 0 unspecified atom stereocenters. The van der Waals surface area contributed by atoms with Crippen molar-refractivity contribution in [2.75, 3.05) is 12.3 Å². The fourth-order valence-corrected chi connectivity index (χ4v) is 5.97. The maximum absolute atomic E-state index is 12.5. The van der Waals surface area contributed by atoms with Crippen LogP contribution in [0.1, 0.15) is 11.3 Å². The van der Waals surface area contributed by atoms with Crippen molar-refractivity contribution < 1.29 is 16.8 Å². The molecule has 1 heterocycles. The number of nitrogens with zero attached hydrogens (tertiary/aromatic N) is 3. The van der Waals surface area contributed by atoms with Crippen LogP contribution in [0.4, 0.5) is 0 Å². The Kier molecular flexibility index (Phi) is 8.07. The molecule has 1 aromatic carbocycles. The van der Waals surface area contributed by atoms with Gasteiger partial charge in [0.05, 0.1) is 15.5 Å². The average molecular weight is 437 g/mol. The summed E-state index contributed by atoms with van der Waals surface area (Å²) in [5, 5.41) is 3.29. The van der Waals surface area contributed by atoms with Gasteiger partial charge in [0.15, 0.2) is 9.84 Å². The first-order chi connectivity index (χ1) is 11.8. The van der Waals surface area contributed by atoms with Crippen LogP contribution in [-0.2, 0) is 26.2 Å². The number of thiophene rings is 1. The minimum Gasteiger partial charge on any atom is -0.326 e. The number of halogens is 1. The second-order valence-corrected chi connectivity index (χ2v) is 10.5. The van der Waals surface area contributed by atoms with Gasteiger partial charge in [0.2, 0.25) is 9.84 Å². The first-order valence-corrected chi connectivity index (χ1v) is 11.1. The van der Waals surface area contributed by atoms with Crippen molar-refractivity contribution in [1.82, 2.24) is 0 Å². The van der Waals surface area contributed by atoms with Gasteiger partial charge in [0.25, 0.3) is 0 Å². The molecule has 142 valence electrons. The molecular formula is C14H17ClN4O4S3. The molecule has 0 fully saturated rings. The number of nitrogens with two attached hydrogens (primary N) is 1. The zero-order chi connectivity index (χ0) is 18.5. The van der Waals surface area contributed by atoms with Gasteiger partial charge in [-0.2, -0.15) is 0 Å². The van der Waals surface area contributed by atoms with Gasteiger partial charge in [0, 0.05) is 22.9 Å². The third-order valence-corrected chi connectivity index (χ3v) is 8.52. The van der Waals surface area contributed by atoms with Crippen LogP contribution in [0.15, 0.2) is 55.5 Å². The molecule has 0 aliphatic rings. The van der Waals surface area contributed by atoms with E-state index in [9.17, 15) is 16.8 Å². The average Bonchev–Trinajstić information content (AvgIpc) is 3.09. The Bertz CT molecular complexity index is 995. The largest absolute Gasteiger partial charge is 0.326 e. The van der Waals surface area contributed by atoms with Gasteiger partial charge in [-0.3, -0.25) is 0 Å². The first kappa shape index (κ1) is 22.4. The van der Waals surface area contributed by atoms with Crippen molar-refractivity contribution in [2.24, 2.45) is 10.8 Å². The first-order valence-electron chi connectivity index (χ1n) is 7.19. The second-order valence-electron chi connectivity index (χ2n) is 5.03. The van der Waals surface area contributed by atoms with Gasteiger partial charge < -0.3 is 5.73 Å². The van der Waals surface area contributed by atoms with Crippen LogP contribution >= 0.6 is 23.7 Å². The number of benzene rings is 1. The molecule has 0 amide bonds. The van der Waals surface area contributed by atoms with Crippen LogP contribution in [0.5, 0.6) is 0 Å². The standard InChI is InChI=1S/C14H16N4O4S3.ClH/c15-10-11-2-7-14(23-11)25(21,22)13-5-3-12(4-6-13)24(19,20)9-1-8-17-18-16;/h2-7H,1,8-10,15H2;1H. The van der Waals surface area contributed by atoms with Crippen LogP contribution in [-0.4, -0.2) is 29.1 Å². The Hall–Kier alpha value is -1.62. The quantitative estimate of drug-likeness (QED) is 0.293. The van der Waals surface area contributed by atoms with E-state index in [1.54, 1.807) is 6.07 Å². The van der Waals surface area contributed by atoms with Crippen molar-refractivity contribution in [2.45, 2.75) is 27.0 Å². The minimum atomic E-state index is -3.70. The highest BCUT2D eigenvalue weighted by molar-refractivity contribution is 7.93. The SMILES string of the molecule is Cl.[N-]=[N+]=NCCCS(=O)(=O)c1ccc(S(=O)(=O)c2ccc(CN)s2)cc1. The number of rotatable bonds is 8. The highest BCUT2D eigenvalue weighted by Crippen LogP contribution is 2.28. The van der Waals surface area contributed by atoms with Crippen LogP contribution in [0.3, 0.4) is 0 Å². The Labute approximate surface area is 161 Å². The summed E-state index contributed by atoms with van der Waals surface area (Å²) in [6.07, 6.45) is 0.198. The molecule has 0 atom stereocenters. The molecule has 0 aliphatic heterocycles. The van der Waals surface area contributed by atoms with E-state index in [1.165, 1.54) is 30.3 Å². The van der Waals surface area contributed by atoms with Crippen molar-refractivity contribution in [3.63, 3.8) is 0 Å². The van der Waals surface area contributed by atoms with Crippen molar-refractivity contribution >= 4 is 43.4 Å². The molecule has 2 N–H and O–H groups in total. The number of hydrogen-bond acceptors (Lipinski definition) is 7. The van der Waals surface area contributed by atoms with Gasteiger partial charge in [-0.15, -0.1) is 23.7 Å². The van der Waals surface area contributed by atoms with Crippen molar-refractivity contribution in [3.8, 4) is 0 Å². The number of azide groups is 1. The molecule has 0 aliphatic carbocycles. The molecule has 26 heavy (non-hydrogen) atoms. The molecule has 0 spiro atoms. The van der Waals surface area contributed by atoms with Crippen molar-refractivity contribution in [1.29, 1.82) is 0 Å². The zero-order valence-corrected chi connectivity index (χ0v) is 16.7. The molecule has 0 saturated carbocycles. The highest BCUT2D eigenvalue weighted by atomic mass is 35.5. The van der Waals surface area contributed by atoms with Crippen LogP contribution < -0.4 is 5.73 Å². The Balaban J connectivity index is 0.00000338. The maximum atomic E-state index is 12.5. The van der Waals surface area contributed by atoms with E-state index >= 15 is 0 Å². The highest BCUT2D eigenvalue weighted by Gasteiger charge is 2.21. The molecule has 0 saturated heterocycles. The maximum Gasteiger partial charge on any atom is 0.215 e. The van der Waals surface area contributed by atoms with E-state index in [0.717, 1.165) is 16.2 Å². The number of sulfone groups is 2. The van der Waals surface area contributed by atoms with Crippen LogP contribution in [0.2, 0.25) is 0 Å². The predicted octanol–water partition coefficient (Wildman–Crippen LogP) is 2.94. The van der Waals surface area contributed by atoms with E-state index in [4.69, 9.17) is 11.3 Å². The van der Waals surface area contributed by atoms with Crippen molar-refractivity contribution in [3.05, 3.63) is 51.7 Å². The Morgan fingerprint density at radius 3 is 2.19 bits per heavy atom. The third-order valence-electron chi connectivity index (χ3n) is 3.33. The second kappa shape index (κ2) is 9.36. The summed E-state index contributed by atoms with van der Waals surface area (Å²) in [5.41, 5.74) is 13.7. The third kappa shape index (κ3) is 5.19. The summed E-state index contributed by atoms with van der Waals surface area (Å²) in [4.78, 5) is 3.36. The summed E-state index contributed by atoms with van der Waals surface area (Å²) < 4.78 is 49.6. The zero-order valence-electron chi connectivity index (χ0n) is 13.5. The monoisotopic (exact) mass is 436 g/mol. The van der Waals surface area contributed by atoms with Gasteiger partial charge in [-0.25, -0.2) is 16.8 Å². The summed E-state index contributed by atoms with van der Waals surface area (Å²) >= 11 is 1.09. The normalized spacial score (nSPS) is 11.4. The van der Waals surface area contributed by atoms with E-state index in [0.29, 0.717) is 0 Å². The van der Waals surface area contributed by atoms with E-state index in [2.05, 4.69) is 10.0 Å². The fraction of sp³-hybridized carbons (Fsp3) is 0.286. The fourth-order valence-electron chi connectivity index (χ4n) is 2.04. The Morgan fingerprint density at radius 1 is 1.04 bits per heavy atom. The number of hydrogen-bond donors (Lipinski definition) is 1. The van der Waals surface area contributed by atoms with E-state index < -0.39 is 19.7 Å². The summed E-state index contributed by atoms with van der Waals surface area (Å²) in [7, 11) is -7.26. The summed E-state index contributed by atoms with van der Waals surface area (Å²) in [5.74, 6) is -0.178. The van der Waals surface area contributed by atoms with E-state index in [1.807, 2.05) is 0 Å². The molecule has 1 aromatic heterocycles.